The molecule has 3 nitrogen and oxygen atoms in total. The van der Waals surface area contributed by atoms with Gasteiger partial charge in [0.05, 0.1) is 13.2 Å². The molecule has 0 aromatic rings. The van der Waals surface area contributed by atoms with Crippen molar-refractivity contribution in [1.29, 1.82) is 0 Å². The van der Waals surface area contributed by atoms with Crippen molar-refractivity contribution < 1.29 is 22.7 Å². The van der Waals surface area contributed by atoms with Gasteiger partial charge in [-0.1, -0.05) is 0 Å². The fourth-order valence-electron chi connectivity index (χ4n) is 2.04. The van der Waals surface area contributed by atoms with Crippen LogP contribution < -0.4 is 0 Å². The second-order valence-electron chi connectivity index (χ2n) is 4.28. The van der Waals surface area contributed by atoms with E-state index in [9.17, 15) is 18.0 Å². The third-order valence-corrected chi connectivity index (χ3v) is 3.17. The lowest BCUT2D eigenvalue weighted by Crippen LogP contribution is -2.54. The highest BCUT2D eigenvalue weighted by molar-refractivity contribution is 5.81. The summed E-state index contributed by atoms with van der Waals surface area (Å²) in [5, 5.41) is 0. The number of alkyl halides is 3. The van der Waals surface area contributed by atoms with E-state index in [1.807, 2.05) is 0 Å². The minimum absolute atomic E-state index is 0.0579. The Morgan fingerprint density at radius 2 is 1.73 bits per heavy atom. The van der Waals surface area contributed by atoms with Crippen LogP contribution in [0.2, 0.25) is 0 Å². The molecule has 86 valence electrons. The Labute approximate surface area is 85.2 Å². The molecular weight excluding hydrogens is 211 g/mol. The maximum Gasteiger partial charge on any atom is 0.471 e. The number of amides is 1. The lowest BCUT2D eigenvalue weighted by Gasteiger charge is -2.47. The van der Waals surface area contributed by atoms with Crippen molar-refractivity contribution in [3.05, 3.63) is 0 Å². The second-order valence-corrected chi connectivity index (χ2v) is 4.28. The summed E-state index contributed by atoms with van der Waals surface area (Å²) in [5.41, 5.74) is 0.0579. The summed E-state index contributed by atoms with van der Waals surface area (Å²) in [6.07, 6.45) is -3.50. The Kier molecular flexibility index (Phi) is 2.41. The smallest absolute Gasteiger partial charge is 0.380 e. The van der Waals surface area contributed by atoms with Gasteiger partial charge in [0.25, 0.3) is 0 Å². The Bertz CT molecular complexity index is 263. The summed E-state index contributed by atoms with van der Waals surface area (Å²) < 4.78 is 41.4. The first-order valence-corrected chi connectivity index (χ1v) is 4.87. The minimum Gasteiger partial charge on any atom is -0.380 e. The number of likely N-dealkylation sites (tertiary alicyclic amines) is 1. The fourth-order valence-corrected chi connectivity index (χ4v) is 2.04. The molecule has 0 aromatic carbocycles. The van der Waals surface area contributed by atoms with E-state index < -0.39 is 12.1 Å². The largest absolute Gasteiger partial charge is 0.471 e. The molecular formula is C9H12F3NO2. The Morgan fingerprint density at radius 1 is 1.20 bits per heavy atom. The van der Waals surface area contributed by atoms with E-state index in [1.54, 1.807) is 0 Å². The number of carbonyl (C=O) groups excluding carboxylic acids is 1. The molecule has 2 rings (SSSR count). The van der Waals surface area contributed by atoms with Gasteiger partial charge in [0.1, 0.15) is 0 Å². The Balaban J connectivity index is 1.90. The minimum atomic E-state index is -4.74. The molecule has 1 spiro atoms. The molecule has 0 bridgehead atoms. The van der Waals surface area contributed by atoms with Crippen LogP contribution in [0.1, 0.15) is 12.8 Å². The van der Waals surface area contributed by atoms with Crippen LogP contribution in [0.3, 0.4) is 0 Å². The molecule has 0 radical (unpaired) electrons. The van der Waals surface area contributed by atoms with Crippen LogP contribution in [-0.4, -0.2) is 43.3 Å². The summed E-state index contributed by atoms with van der Waals surface area (Å²) in [4.78, 5) is 11.8. The van der Waals surface area contributed by atoms with Crippen molar-refractivity contribution in [3.8, 4) is 0 Å². The van der Waals surface area contributed by atoms with Crippen molar-refractivity contribution in [1.82, 2.24) is 4.90 Å². The molecule has 2 fully saturated rings. The van der Waals surface area contributed by atoms with E-state index >= 15 is 0 Å². The molecule has 0 unspecified atom stereocenters. The summed E-state index contributed by atoms with van der Waals surface area (Å²) in [5.74, 6) is -1.71. The highest BCUT2D eigenvalue weighted by atomic mass is 19.4. The van der Waals surface area contributed by atoms with Crippen molar-refractivity contribution in [2.45, 2.75) is 19.0 Å². The van der Waals surface area contributed by atoms with Gasteiger partial charge in [0.2, 0.25) is 0 Å². The van der Waals surface area contributed by atoms with E-state index in [0.29, 0.717) is 26.1 Å². The number of hydrogen-bond acceptors (Lipinski definition) is 2. The third-order valence-electron chi connectivity index (χ3n) is 3.17. The van der Waals surface area contributed by atoms with Gasteiger partial charge < -0.3 is 9.64 Å². The number of rotatable bonds is 0. The SMILES string of the molecule is O=C(N1CCC2(CC1)COC2)C(F)(F)F. The van der Waals surface area contributed by atoms with Crippen LogP contribution >= 0.6 is 0 Å². The zero-order chi connectivity index (χ0) is 11.1. The topological polar surface area (TPSA) is 29.5 Å². The third kappa shape index (κ3) is 1.95. The molecule has 0 atom stereocenters. The summed E-state index contributed by atoms with van der Waals surface area (Å²) in [7, 11) is 0. The van der Waals surface area contributed by atoms with E-state index in [2.05, 4.69) is 0 Å². The molecule has 0 N–H and O–H groups in total. The van der Waals surface area contributed by atoms with Crippen LogP contribution in [0.5, 0.6) is 0 Å². The summed E-state index contributed by atoms with van der Waals surface area (Å²) in [6, 6.07) is 0. The molecule has 0 aromatic heterocycles. The van der Waals surface area contributed by atoms with E-state index in [4.69, 9.17) is 4.74 Å². The fraction of sp³-hybridized carbons (Fsp3) is 0.889. The zero-order valence-corrected chi connectivity index (χ0v) is 8.14. The van der Waals surface area contributed by atoms with Gasteiger partial charge in [-0.2, -0.15) is 13.2 Å². The van der Waals surface area contributed by atoms with Gasteiger partial charge in [-0.05, 0) is 12.8 Å². The number of carbonyl (C=O) groups is 1. The standard InChI is InChI=1S/C9H12F3NO2/c10-9(11,12)7(14)13-3-1-8(2-4-13)5-15-6-8/h1-6H2. The van der Waals surface area contributed by atoms with Gasteiger partial charge >= 0.3 is 12.1 Å². The van der Waals surface area contributed by atoms with Crippen molar-refractivity contribution >= 4 is 5.91 Å². The monoisotopic (exact) mass is 223 g/mol. The molecule has 2 aliphatic heterocycles. The van der Waals surface area contributed by atoms with Crippen LogP contribution in [0, 0.1) is 5.41 Å². The van der Waals surface area contributed by atoms with Crippen LogP contribution in [0.25, 0.3) is 0 Å². The first-order chi connectivity index (χ1) is 6.93. The van der Waals surface area contributed by atoms with Gasteiger partial charge in [-0.25, -0.2) is 0 Å². The highest BCUT2D eigenvalue weighted by Crippen LogP contribution is 2.39. The molecule has 0 saturated carbocycles. The maximum atomic E-state index is 12.1. The van der Waals surface area contributed by atoms with E-state index in [1.165, 1.54) is 0 Å². The number of hydrogen-bond donors (Lipinski definition) is 0. The predicted octanol–water partition coefficient (Wildman–Crippen LogP) is 1.19. The average molecular weight is 223 g/mol. The zero-order valence-electron chi connectivity index (χ0n) is 8.14. The van der Waals surface area contributed by atoms with E-state index in [0.717, 1.165) is 4.90 Å². The van der Waals surface area contributed by atoms with E-state index in [-0.39, 0.29) is 18.5 Å². The van der Waals surface area contributed by atoms with Crippen molar-refractivity contribution in [3.63, 3.8) is 0 Å². The number of piperidine rings is 1. The first-order valence-electron chi connectivity index (χ1n) is 4.87. The maximum absolute atomic E-state index is 12.1. The quantitative estimate of drug-likeness (QED) is 0.617. The van der Waals surface area contributed by atoms with Crippen LogP contribution in [0.15, 0.2) is 0 Å². The van der Waals surface area contributed by atoms with Crippen molar-refractivity contribution in [2.75, 3.05) is 26.3 Å². The average Bonchev–Trinajstić information content (AvgIpc) is 2.13. The van der Waals surface area contributed by atoms with Crippen molar-refractivity contribution in [2.24, 2.45) is 5.41 Å². The second kappa shape index (κ2) is 3.37. The van der Waals surface area contributed by atoms with Gasteiger partial charge in [0.15, 0.2) is 0 Å². The van der Waals surface area contributed by atoms with Gasteiger partial charge in [0, 0.05) is 18.5 Å². The number of ether oxygens (including phenoxy) is 1. The molecule has 15 heavy (non-hydrogen) atoms. The predicted molar refractivity (Wildman–Crippen MR) is 45.1 cm³/mol. The number of nitrogens with zero attached hydrogens (tertiary/aromatic N) is 1. The van der Waals surface area contributed by atoms with Gasteiger partial charge in [-0.15, -0.1) is 0 Å². The molecule has 0 aliphatic carbocycles. The Morgan fingerprint density at radius 3 is 2.07 bits per heavy atom. The normalized spacial score (nSPS) is 25.1. The van der Waals surface area contributed by atoms with Crippen LogP contribution in [0.4, 0.5) is 13.2 Å². The lowest BCUT2D eigenvalue weighted by atomic mass is 9.77. The molecule has 2 aliphatic rings. The summed E-state index contributed by atoms with van der Waals surface area (Å²) >= 11 is 0. The first kappa shape index (κ1) is 10.7. The Hall–Kier alpha value is -0.780. The lowest BCUT2D eigenvalue weighted by molar-refractivity contribution is -0.193. The molecule has 6 heteroatoms. The summed E-state index contributed by atoms with van der Waals surface area (Å²) in [6.45, 7) is 1.64. The molecule has 2 saturated heterocycles. The highest BCUT2D eigenvalue weighted by Gasteiger charge is 2.47. The van der Waals surface area contributed by atoms with Gasteiger partial charge in [-0.3, -0.25) is 4.79 Å². The molecule has 2 heterocycles. The van der Waals surface area contributed by atoms with Crippen LogP contribution in [-0.2, 0) is 9.53 Å². The molecule has 1 amide bonds. The number of halogens is 3.